The second-order valence-electron chi connectivity index (χ2n) is 4.00. The molecule has 1 atom stereocenters. The minimum Gasteiger partial charge on any atom is -0.394 e. The van der Waals surface area contributed by atoms with E-state index in [2.05, 4.69) is 5.10 Å². The highest BCUT2D eigenvalue weighted by atomic mass is 32.2. The van der Waals surface area contributed by atoms with Crippen molar-refractivity contribution in [2.24, 2.45) is 0 Å². The minimum absolute atomic E-state index is 0.105. The first kappa shape index (κ1) is 15.9. The average Bonchev–Trinajstić information content (AvgIpc) is 2.63. The van der Waals surface area contributed by atoms with E-state index in [1.165, 1.54) is 4.68 Å². The summed E-state index contributed by atoms with van der Waals surface area (Å²) in [7, 11) is -4.04. The maximum Gasteiger partial charge on any atom is 0.390 e. The second kappa shape index (κ2) is 5.88. The fourth-order valence-corrected chi connectivity index (χ4v) is 2.63. The highest BCUT2D eigenvalue weighted by molar-refractivity contribution is 7.89. The molecule has 110 valence electrons. The van der Waals surface area contributed by atoms with Crippen LogP contribution in [0.4, 0.5) is 13.2 Å². The number of hydrogen-bond acceptors (Lipinski definition) is 4. The van der Waals surface area contributed by atoms with Crippen molar-refractivity contribution in [2.45, 2.75) is 37.0 Å². The van der Waals surface area contributed by atoms with Gasteiger partial charge in [0.2, 0.25) is 10.0 Å². The van der Waals surface area contributed by atoms with Crippen molar-refractivity contribution in [2.75, 3.05) is 6.61 Å². The van der Waals surface area contributed by atoms with Gasteiger partial charge in [0.05, 0.1) is 25.8 Å². The van der Waals surface area contributed by atoms with E-state index < -0.39 is 28.7 Å². The van der Waals surface area contributed by atoms with E-state index >= 15 is 0 Å². The molecule has 0 saturated heterocycles. The average molecular weight is 301 g/mol. The Hall–Kier alpha value is -1.13. The molecule has 0 aliphatic carbocycles. The van der Waals surface area contributed by atoms with E-state index in [-0.39, 0.29) is 18.0 Å². The molecule has 0 saturated carbocycles. The number of rotatable bonds is 6. The predicted molar refractivity (Wildman–Crippen MR) is 59.8 cm³/mol. The number of aliphatic hydroxyl groups excluding tert-OH is 1. The lowest BCUT2D eigenvalue weighted by Crippen LogP contribution is -2.35. The molecule has 1 rings (SSSR count). The zero-order chi connectivity index (χ0) is 14.7. The lowest BCUT2D eigenvalue weighted by Gasteiger charge is -2.15. The summed E-state index contributed by atoms with van der Waals surface area (Å²) in [6.07, 6.45) is -3.54. The summed E-state index contributed by atoms with van der Waals surface area (Å²) in [6, 6.07) is -1.27. The number of nitrogens with one attached hydrogen (secondary N) is 1. The normalized spacial score (nSPS) is 14.6. The maximum absolute atomic E-state index is 12.1. The van der Waals surface area contributed by atoms with Gasteiger partial charge in [-0.1, -0.05) is 0 Å². The number of alkyl halides is 3. The zero-order valence-electron chi connectivity index (χ0n) is 10.1. The number of aliphatic hydroxyl groups is 1. The Morgan fingerprint density at radius 2 is 2.16 bits per heavy atom. The Morgan fingerprint density at radius 1 is 1.53 bits per heavy atom. The summed E-state index contributed by atoms with van der Waals surface area (Å²) in [6.45, 7) is 1.01. The summed E-state index contributed by atoms with van der Waals surface area (Å²) in [5.41, 5.74) is 0. The van der Waals surface area contributed by atoms with Crippen LogP contribution >= 0.6 is 0 Å². The first-order valence-electron chi connectivity index (χ1n) is 5.36. The SMILES string of the molecule is CC(CC(F)(F)F)NS(=O)(=O)c1cnn(CCO)c1. The van der Waals surface area contributed by atoms with Gasteiger partial charge in [-0.2, -0.15) is 18.3 Å². The molecule has 10 heteroatoms. The van der Waals surface area contributed by atoms with Crippen LogP contribution < -0.4 is 4.72 Å². The van der Waals surface area contributed by atoms with E-state index in [1.54, 1.807) is 0 Å². The molecule has 0 bridgehead atoms. The van der Waals surface area contributed by atoms with Crippen molar-refractivity contribution >= 4 is 10.0 Å². The monoisotopic (exact) mass is 301 g/mol. The number of sulfonamides is 1. The van der Waals surface area contributed by atoms with Crippen LogP contribution in [0.15, 0.2) is 17.3 Å². The molecule has 1 aromatic rings. The van der Waals surface area contributed by atoms with Gasteiger partial charge in [-0.3, -0.25) is 4.68 Å². The van der Waals surface area contributed by atoms with Crippen molar-refractivity contribution in [1.29, 1.82) is 0 Å². The van der Waals surface area contributed by atoms with E-state index in [9.17, 15) is 21.6 Å². The Kier molecular flexibility index (Phi) is 4.93. The number of aromatic nitrogens is 2. The summed E-state index contributed by atoms with van der Waals surface area (Å²) in [5, 5.41) is 12.3. The van der Waals surface area contributed by atoms with Gasteiger partial charge in [0.1, 0.15) is 4.90 Å². The maximum atomic E-state index is 12.1. The van der Waals surface area contributed by atoms with Crippen molar-refractivity contribution in [3.05, 3.63) is 12.4 Å². The first-order valence-corrected chi connectivity index (χ1v) is 6.85. The topological polar surface area (TPSA) is 84.2 Å². The largest absolute Gasteiger partial charge is 0.394 e. The van der Waals surface area contributed by atoms with Gasteiger partial charge < -0.3 is 5.11 Å². The Morgan fingerprint density at radius 3 is 2.68 bits per heavy atom. The molecule has 0 spiro atoms. The van der Waals surface area contributed by atoms with Gasteiger partial charge in [0, 0.05) is 12.2 Å². The number of nitrogens with zero attached hydrogens (tertiary/aromatic N) is 2. The first-order chi connectivity index (χ1) is 8.64. The van der Waals surface area contributed by atoms with Gasteiger partial charge >= 0.3 is 6.18 Å². The highest BCUT2D eigenvalue weighted by Crippen LogP contribution is 2.22. The molecule has 6 nitrogen and oxygen atoms in total. The Balaban J connectivity index is 2.74. The summed E-state index contributed by atoms with van der Waals surface area (Å²) >= 11 is 0. The van der Waals surface area contributed by atoms with E-state index in [0.29, 0.717) is 0 Å². The summed E-state index contributed by atoms with van der Waals surface area (Å²) in [5.74, 6) is 0. The van der Waals surface area contributed by atoms with Crippen LogP contribution in [-0.4, -0.2) is 42.1 Å². The number of hydrogen-bond donors (Lipinski definition) is 2. The van der Waals surface area contributed by atoms with Gasteiger partial charge in [-0.15, -0.1) is 0 Å². The third-order valence-electron chi connectivity index (χ3n) is 2.14. The smallest absolute Gasteiger partial charge is 0.390 e. The molecule has 0 fully saturated rings. The Bertz CT molecular complexity index is 512. The third-order valence-corrected chi connectivity index (χ3v) is 3.69. The van der Waals surface area contributed by atoms with Gasteiger partial charge in [-0.05, 0) is 6.92 Å². The molecular weight excluding hydrogens is 287 g/mol. The zero-order valence-corrected chi connectivity index (χ0v) is 10.9. The fraction of sp³-hybridized carbons (Fsp3) is 0.667. The van der Waals surface area contributed by atoms with Crippen molar-refractivity contribution in [3.8, 4) is 0 Å². The molecule has 1 unspecified atom stereocenters. The summed E-state index contributed by atoms with van der Waals surface area (Å²) < 4.78 is 62.9. The van der Waals surface area contributed by atoms with Crippen molar-refractivity contribution in [1.82, 2.24) is 14.5 Å². The quantitative estimate of drug-likeness (QED) is 0.801. The Labute approximate surface area is 108 Å². The lowest BCUT2D eigenvalue weighted by molar-refractivity contribution is -0.137. The highest BCUT2D eigenvalue weighted by Gasteiger charge is 2.32. The van der Waals surface area contributed by atoms with Crippen molar-refractivity contribution in [3.63, 3.8) is 0 Å². The van der Waals surface area contributed by atoms with Crippen LogP contribution in [0.1, 0.15) is 13.3 Å². The standard InChI is InChI=1S/C9H14F3N3O3S/c1-7(4-9(10,11)12)14-19(17,18)8-5-13-15(6-8)2-3-16/h5-7,14,16H,2-4H2,1H3. The third kappa shape index (κ3) is 5.17. The number of halogens is 3. The van der Waals surface area contributed by atoms with Gasteiger partial charge in [0.15, 0.2) is 0 Å². The van der Waals surface area contributed by atoms with Crippen molar-refractivity contribution < 1.29 is 26.7 Å². The van der Waals surface area contributed by atoms with Crippen LogP contribution in [0.5, 0.6) is 0 Å². The molecule has 0 amide bonds. The van der Waals surface area contributed by atoms with Crippen LogP contribution in [0.25, 0.3) is 0 Å². The molecule has 0 aliphatic heterocycles. The second-order valence-corrected chi connectivity index (χ2v) is 5.72. The van der Waals surface area contributed by atoms with Gasteiger partial charge in [-0.25, -0.2) is 13.1 Å². The molecule has 1 heterocycles. The molecule has 0 aromatic carbocycles. The van der Waals surface area contributed by atoms with Crippen LogP contribution in [0.3, 0.4) is 0 Å². The molecule has 19 heavy (non-hydrogen) atoms. The molecule has 2 N–H and O–H groups in total. The molecule has 1 aromatic heterocycles. The minimum atomic E-state index is -4.44. The molecule has 0 radical (unpaired) electrons. The van der Waals surface area contributed by atoms with E-state index in [1.807, 2.05) is 4.72 Å². The molecule has 0 aliphatic rings. The molecular formula is C9H14F3N3O3S. The fourth-order valence-electron chi connectivity index (χ4n) is 1.43. The van der Waals surface area contributed by atoms with E-state index in [4.69, 9.17) is 5.11 Å². The van der Waals surface area contributed by atoms with Crippen LogP contribution in [0, 0.1) is 0 Å². The lowest BCUT2D eigenvalue weighted by atomic mass is 10.2. The summed E-state index contributed by atoms with van der Waals surface area (Å²) in [4.78, 5) is -0.241. The predicted octanol–water partition coefficient (Wildman–Crippen LogP) is 0.495. The van der Waals surface area contributed by atoms with Crippen LogP contribution in [0.2, 0.25) is 0 Å². The van der Waals surface area contributed by atoms with Gasteiger partial charge in [0.25, 0.3) is 0 Å². The van der Waals surface area contributed by atoms with E-state index in [0.717, 1.165) is 19.3 Å². The van der Waals surface area contributed by atoms with Crippen LogP contribution in [-0.2, 0) is 16.6 Å².